The van der Waals surface area contributed by atoms with Gasteiger partial charge in [-0.2, -0.15) is 5.26 Å². The normalized spacial score (nSPS) is 18.8. The van der Waals surface area contributed by atoms with Gasteiger partial charge in [-0.1, -0.05) is 23.7 Å². The van der Waals surface area contributed by atoms with E-state index in [2.05, 4.69) is 16.7 Å². The van der Waals surface area contributed by atoms with Gasteiger partial charge in [0.05, 0.1) is 11.6 Å². The molecule has 0 heterocycles. The highest BCUT2D eigenvalue weighted by molar-refractivity contribution is 6.31. The summed E-state index contributed by atoms with van der Waals surface area (Å²) in [5, 5.41) is 15.4. The van der Waals surface area contributed by atoms with Crippen LogP contribution in [0.5, 0.6) is 0 Å². The molecule has 0 radical (unpaired) electrons. The van der Waals surface area contributed by atoms with Crippen LogP contribution in [0, 0.1) is 30.1 Å². The molecule has 28 heavy (non-hydrogen) atoms. The van der Waals surface area contributed by atoms with E-state index in [1.807, 2.05) is 19.1 Å². The lowest BCUT2D eigenvalue weighted by molar-refractivity contribution is -0.125. The van der Waals surface area contributed by atoms with Crippen LogP contribution in [0.3, 0.4) is 0 Å². The van der Waals surface area contributed by atoms with Crippen LogP contribution in [-0.4, -0.2) is 11.8 Å². The maximum Gasteiger partial charge on any atom is 0.227 e. The number of hydrogen-bond donors (Lipinski definition) is 2. The largest absolute Gasteiger partial charge is 0.326 e. The smallest absolute Gasteiger partial charge is 0.227 e. The summed E-state index contributed by atoms with van der Waals surface area (Å²) in [5.41, 5.74) is 2.72. The van der Waals surface area contributed by atoms with Gasteiger partial charge in [-0.25, -0.2) is 0 Å². The highest BCUT2D eigenvalue weighted by Crippen LogP contribution is 2.31. The molecule has 1 saturated carbocycles. The van der Waals surface area contributed by atoms with Crippen LogP contribution in [0.1, 0.15) is 36.8 Å². The fraction of sp³-hybridized carbons (Fsp3) is 0.318. The van der Waals surface area contributed by atoms with Gasteiger partial charge in [-0.15, -0.1) is 0 Å². The van der Waals surface area contributed by atoms with Crippen molar-refractivity contribution in [2.45, 2.75) is 32.6 Å². The average Bonchev–Trinajstić information content (AvgIpc) is 2.71. The van der Waals surface area contributed by atoms with Gasteiger partial charge < -0.3 is 10.6 Å². The zero-order chi connectivity index (χ0) is 20.1. The van der Waals surface area contributed by atoms with Crippen molar-refractivity contribution in [2.24, 2.45) is 11.8 Å². The van der Waals surface area contributed by atoms with Gasteiger partial charge in [0.15, 0.2) is 0 Å². The van der Waals surface area contributed by atoms with E-state index in [1.165, 1.54) is 0 Å². The summed E-state index contributed by atoms with van der Waals surface area (Å²) < 4.78 is 0. The number of nitriles is 1. The summed E-state index contributed by atoms with van der Waals surface area (Å²) in [6, 6.07) is 14.4. The molecule has 5 nitrogen and oxygen atoms in total. The fourth-order valence-electron chi connectivity index (χ4n) is 3.51. The molecular formula is C22H22ClN3O2. The molecule has 2 aromatic carbocycles. The highest BCUT2D eigenvalue weighted by atomic mass is 35.5. The summed E-state index contributed by atoms with van der Waals surface area (Å²) >= 11 is 6.11. The standard InChI is InChI=1S/C22H22ClN3O2/c1-14-19(23)6-3-7-20(14)26-22(28)17-10-8-16(9-11-17)21(27)25-18-5-2-4-15(12-18)13-24/h2-7,12,16-17H,8-11H2,1H3,(H,25,27)(H,26,28). The van der Waals surface area contributed by atoms with Crippen LogP contribution < -0.4 is 10.6 Å². The monoisotopic (exact) mass is 395 g/mol. The Morgan fingerprint density at radius 3 is 2.25 bits per heavy atom. The van der Waals surface area contributed by atoms with Crippen LogP contribution in [0.25, 0.3) is 0 Å². The maximum atomic E-state index is 12.6. The number of carbonyl (C=O) groups is 2. The van der Waals surface area contributed by atoms with Crippen LogP contribution in [0.15, 0.2) is 42.5 Å². The predicted molar refractivity (Wildman–Crippen MR) is 110 cm³/mol. The first-order valence-electron chi connectivity index (χ1n) is 9.35. The zero-order valence-electron chi connectivity index (χ0n) is 15.7. The second-order valence-electron chi connectivity index (χ2n) is 7.13. The van der Waals surface area contributed by atoms with Crippen molar-refractivity contribution in [1.82, 2.24) is 0 Å². The molecule has 144 valence electrons. The molecule has 1 fully saturated rings. The number of hydrogen-bond acceptors (Lipinski definition) is 3. The molecule has 0 spiro atoms. The van der Waals surface area contributed by atoms with E-state index in [0.717, 1.165) is 11.3 Å². The SMILES string of the molecule is Cc1c(Cl)cccc1NC(=O)C1CCC(C(=O)Nc2cccc(C#N)c2)CC1. The molecule has 2 N–H and O–H groups in total. The zero-order valence-corrected chi connectivity index (χ0v) is 16.4. The lowest BCUT2D eigenvalue weighted by atomic mass is 9.81. The Labute approximate surface area is 169 Å². The van der Waals surface area contributed by atoms with Gasteiger partial charge in [-0.05, 0) is 68.5 Å². The number of nitrogens with one attached hydrogen (secondary N) is 2. The van der Waals surface area contributed by atoms with Crippen LogP contribution in [-0.2, 0) is 9.59 Å². The van der Waals surface area contributed by atoms with Gasteiger partial charge in [0.2, 0.25) is 11.8 Å². The van der Waals surface area contributed by atoms with Gasteiger partial charge in [0.1, 0.15) is 0 Å². The number of carbonyl (C=O) groups excluding carboxylic acids is 2. The van der Waals surface area contributed by atoms with E-state index >= 15 is 0 Å². The predicted octanol–water partition coefficient (Wildman–Crippen LogP) is 4.90. The Hall–Kier alpha value is -2.84. The number of amides is 2. The van der Waals surface area contributed by atoms with Crippen LogP contribution >= 0.6 is 11.6 Å². The maximum absolute atomic E-state index is 12.6. The van der Waals surface area contributed by atoms with Crippen molar-refractivity contribution in [2.75, 3.05) is 10.6 Å². The molecule has 0 bridgehead atoms. The van der Waals surface area contributed by atoms with Crippen molar-refractivity contribution < 1.29 is 9.59 Å². The topological polar surface area (TPSA) is 82.0 Å². The van der Waals surface area contributed by atoms with Crippen molar-refractivity contribution in [3.05, 3.63) is 58.6 Å². The molecule has 1 aliphatic carbocycles. The van der Waals surface area contributed by atoms with E-state index < -0.39 is 0 Å². The van der Waals surface area contributed by atoms with Gasteiger partial charge >= 0.3 is 0 Å². The minimum atomic E-state index is -0.123. The Balaban J connectivity index is 1.53. The quantitative estimate of drug-likeness (QED) is 0.772. The van der Waals surface area contributed by atoms with Crippen LogP contribution in [0.2, 0.25) is 5.02 Å². The third-order valence-electron chi connectivity index (χ3n) is 5.25. The molecule has 2 amide bonds. The Bertz CT molecular complexity index is 928. The molecule has 0 saturated heterocycles. The van der Waals surface area contributed by atoms with Crippen LogP contribution in [0.4, 0.5) is 11.4 Å². The van der Waals surface area contributed by atoms with Crippen molar-refractivity contribution in [1.29, 1.82) is 5.26 Å². The molecule has 0 aliphatic heterocycles. The van der Waals surface area contributed by atoms with E-state index in [1.54, 1.807) is 30.3 Å². The molecule has 0 atom stereocenters. The Morgan fingerprint density at radius 2 is 1.61 bits per heavy atom. The van der Waals surface area contributed by atoms with E-state index in [-0.39, 0.29) is 23.7 Å². The third kappa shape index (κ3) is 4.71. The van der Waals surface area contributed by atoms with Gasteiger partial charge in [0.25, 0.3) is 0 Å². The molecule has 1 aliphatic rings. The summed E-state index contributed by atoms with van der Waals surface area (Å²) in [4.78, 5) is 25.1. The Kier molecular flexibility index (Phi) is 6.33. The molecule has 3 rings (SSSR count). The summed E-state index contributed by atoms with van der Waals surface area (Å²) in [5.74, 6) is -0.308. The summed E-state index contributed by atoms with van der Waals surface area (Å²) in [6.07, 6.45) is 2.66. The van der Waals surface area contributed by atoms with Gasteiger partial charge in [-0.3, -0.25) is 9.59 Å². The molecule has 6 heteroatoms. The highest BCUT2D eigenvalue weighted by Gasteiger charge is 2.30. The number of benzene rings is 2. The number of halogens is 1. The minimum absolute atomic E-state index is 0.0223. The molecular weight excluding hydrogens is 374 g/mol. The van der Waals surface area contributed by atoms with E-state index in [0.29, 0.717) is 42.0 Å². The van der Waals surface area contributed by atoms with E-state index in [4.69, 9.17) is 16.9 Å². The number of anilines is 2. The third-order valence-corrected chi connectivity index (χ3v) is 5.66. The van der Waals surface area contributed by atoms with Gasteiger partial charge in [0, 0.05) is 28.2 Å². The Morgan fingerprint density at radius 1 is 1.00 bits per heavy atom. The lowest BCUT2D eigenvalue weighted by Gasteiger charge is -2.27. The van der Waals surface area contributed by atoms with Crippen molar-refractivity contribution >= 4 is 34.8 Å². The van der Waals surface area contributed by atoms with Crippen molar-refractivity contribution in [3.63, 3.8) is 0 Å². The average molecular weight is 396 g/mol. The number of rotatable bonds is 4. The lowest BCUT2D eigenvalue weighted by Crippen LogP contribution is -2.32. The second-order valence-corrected chi connectivity index (χ2v) is 7.54. The van der Waals surface area contributed by atoms with E-state index in [9.17, 15) is 9.59 Å². The first kappa shape index (κ1) is 19.9. The van der Waals surface area contributed by atoms with Crippen molar-refractivity contribution in [3.8, 4) is 6.07 Å². The fourth-order valence-corrected chi connectivity index (χ4v) is 3.68. The second kappa shape index (κ2) is 8.90. The molecule has 2 aromatic rings. The first-order chi connectivity index (χ1) is 13.5. The molecule has 0 aromatic heterocycles. The minimum Gasteiger partial charge on any atom is -0.326 e. The summed E-state index contributed by atoms with van der Waals surface area (Å²) in [7, 11) is 0. The first-order valence-corrected chi connectivity index (χ1v) is 9.72. The molecule has 0 unspecified atom stereocenters. The summed E-state index contributed by atoms with van der Waals surface area (Å²) in [6.45, 7) is 1.88. The number of nitrogens with zero attached hydrogens (tertiary/aromatic N) is 1.